The molecule has 0 spiro atoms. The first kappa shape index (κ1) is 14.4. The number of carbonyl (C=O) groups excluding carboxylic acids is 1. The van der Waals surface area contributed by atoms with E-state index in [0.29, 0.717) is 5.92 Å². The number of halogens is 1. The van der Waals surface area contributed by atoms with Crippen molar-refractivity contribution in [2.24, 2.45) is 5.92 Å². The largest absolute Gasteiger partial charge is 0.352 e. The first-order valence-corrected chi connectivity index (χ1v) is 8.22. The van der Waals surface area contributed by atoms with E-state index in [1.165, 1.54) is 12.8 Å². The zero-order valence-corrected chi connectivity index (χ0v) is 13.1. The molecule has 4 heteroatoms. The van der Waals surface area contributed by atoms with E-state index in [9.17, 15) is 4.79 Å². The average Bonchev–Trinajstić information content (AvgIpc) is 3.20. The average molecular weight is 318 g/mol. The maximum Gasteiger partial charge on any atom is 0.244 e. The minimum atomic E-state index is -0.0189. The number of nitrogens with one attached hydrogen (secondary N) is 1. The van der Waals surface area contributed by atoms with Crippen molar-refractivity contribution >= 4 is 34.9 Å². The third kappa shape index (κ3) is 3.96. The van der Waals surface area contributed by atoms with E-state index in [-0.39, 0.29) is 5.91 Å². The fourth-order valence-corrected chi connectivity index (χ4v) is 3.28. The molecule has 0 bridgehead atoms. The topological polar surface area (TPSA) is 29.1 Å². The van der Waals surface area contributed by atoms with Crippen molar-refractivity contribution < 1.29 is 4.79 Å². The van der Waals surface area contributed by atoms with Crippen LogP contribution in [0.25, 0.3) is 16.5 Å². The number of hydrogen-bond donors (Lipinski definition) is 1. The van der Waals surface area contributed by atoms with Gasteiger partial charge in [-0.25, -0.2) is 0 Å². The lowest BCUT2D eigenvalue weighted by atomic mass is 10.2. The lowest BCUT2D eigenvalue weighted by molar-refractivity contribution is -0.116. The highest BCUT2D eigenvalue weighted by Crippen LogP contribution is 2.33. The molecule has 2 aromatic rings. The molecule has 1 aromatic carbocycles. The zero-order chi connectivity index (χ0) is 14.7. The summed E-state index contributed by atoms with van der Waals surface area (Å²) < 4.78 is 0. The molecule has 0 radical (unpaired) electrons. The minimum absolute atomic E-state index is 0.0189. The van der Waals surface area contributed by atoms with Gasteiger partial charge in [0, 0.05) is 33.0 Å². The molecular weight excluding hydrogens is 302 g/mol. The number of benzene rings is 1. The van der Waals surface area contributed by atoms with Crippen molar-refractivity contribution in [3.05, 3.63) is 52.4 Å². The molecule has 1 amide bonds. The molecule has 0 unspecified atom stereocenters. The molecule has 1 aliphatic rings. The molecule has 0 atom stereocenters. The van der Waals surface area contributed by atoms with E-state index < -0.39 is 0 Å². The maximum absolute atomic E-state index is 11.7. The van der Waals surface area contributed by atoms with Crippen molar-refractivity contribution in [3.8, 4) is 10.4 Å². The Morgan fingerprint density at radius 3 is 2.86 bits per heavy atom. The Morgan fingerprint density at radius 1 is 1.29 bits per heavy atom. The normalized spacial score (nSPS) is 14.5. The van der Waals surface area contributed by atoms with Crippen molar-refractivity contribution in [2.75, 3.05) is 6.54 Å². The molecule has 2 nitrogen and oxygen atoms in total. The zero-order valence-electron chi connectivity index (χ0n) is 11.5. The molecule has 1 aliphatic carbocycles. The van der Waals surface area contributed by atoms with Gasteiger partial charge in [0.15, 0.2) is 0 Å². The van der Waals surface area contributed by atoms with Crippen LogP contribution >= 0.6 is 22.9 Å². The van der Waals surface area contributed by atoms with Crippen LogP contribution in [-0.2, 0) is 4.79 Å². The molecular formula is C17H16ClNOS. The van der Waals surface area contributed by atoms with Gasteiger partial charge in [0.2, 0.25) is 5.91 Å². The molecule has 1 N–H and O–H groups in total. The van der Waals surface area contributed by atoms with E-state index in [1.54, 1.807) is 17.4 Å². The second kappa shape index (κ2) is 6.46. The number of amides is 1. The minimum Gasteiger partial charge on any atom is -0.352 e. The third-order valence-corrected chi connectivity index (χ3v) is 4.84. The predicted octanol–water partition coefficient (Wildman–Crippen LogP) is 4.61. The molecule has 21 heavy (non-hydrogen) atoms. The van der Waals surface area contributed by atoms with E-state index in [2.05, 4.69) is 5.32 Å². The standard InChI is InChI=1S/C17H16ClNOS/c18-15-4-2-1-3-14(15)16-9-7-13(21-16)8-10-17(20)19-11-12-5-6-12/h1-4,7-10,12H,5-6,11H2,(H,19,20). The number of thiophene rings is 1. The van der Waals surface area contributed by atoms with Gasteiger partial charge in [-0.15, -0.1) is 11.3 Å². The van der Waals surface area contributed by atoms with Crippen LogP contribution in [0.4, 0.5) is 0 Å². The summed E-state index contributed by atoms with van der Waals surface area (Å²) in [5.41, 5.74) is 1.03. The molecule has 0 aliphatic heterocycles. The summed E-state index contributed by atoms with van der Waals surface area (Å²) in [4.78, 5) is 13.8. The van der Waals surface area contributed by atoms with Gasteiger partial charge in [0.25, 0.3) is 0 Å². The van der Waals surface area contributed by atoms with Gasteiger partial charge in [0.05, 0.1) is 0 Å². The summed E-state index contributed by atoms with van der Waals surface area (Å²) in [6.45, 7) is 0.804. The highest BCUT2D eigenvalue weighted by Gasteiger charge is 2.20. The van der Waals surface area contributed by atoms with Gasteiger partial charge in [-0.2, -0.15) is 0 Å². The summed E-state index contributed by atoms with van der Waals surface area (Å²) in [6, 6.07) is 11.8. The van der Waals surface area contributed by atoms with Gasteiger partial charge in [-0.3, -0.25) is 4.79 Å². The van der Waals surface area contributed by atoms with Crippen LogP contribution in [0, 0.1) is 5.92 Å². The quantitative estimate of drug-likeness (QED) is 0.802. The number of carbonyl (C=O) groups is 1. The Labute approximate surface area is 133 Å². The first-order chi connectivity index (χ1) is 10.2. The third-order valence-electron chi connectivity index (χ3n) is 3.43. The lowest BCUT2D eigenvalue weighted by Gasteiger charge is -1.99. The Hall–Kier alpha value is -1.58. The summed E-state index contributed by atoms with van der Waals surface area (Å²) in [5.74, 6) is 0.686. The second-order valence-electron chi connectivity index (χ2n) is 5.20. The fraction of sp³-hybridized carbons (Fsp3) is 0.235. The van der Waals surface area contributed by atoms with Crippen LogP contribution in [-0.4, -0.2) is 12.5 Å². The second-order valence-corrected chi connectivity index (χ2v) is 6.73. The van der Waals surface area contributed by atoms with Crippen molar-refractivity contribution in [2.45, 2.75) is 12.8 Å². The van der Waals surface area contributed by atoms with E-state index in [1.807, 2.05) is 42.5 Å². The van der Waals surface area contributed by atoms with Gasteiger partial charge in [-0.1, -0.05) is 29.8 Å². The summed E-state index contributed by atoms with van der Waals surface area (Å²) in [6.07, 6.45) is 5.95. The SMILES string of the molecule is O=C(C=Cc1ccc(-c2ccccc2Cl)s1)NCC1CC1. The van der Waals surface area contributed by atoms with Gasteiger partial charge < -0.3 is 5.32 Å². The van der Waals surface area contributed by atoms with Crippen LogP contribution < -0.4 is 5.32 Å². The smallest absolute Gasteiger partial charge is 0.244 e. The summed E-state index contributed by atoms with van der Waals surface area (Å²) >= 11 is 7.82. The van der Waals surface area contributed by atoms with E-state index >= 15 is 0 Å². The molecule has 1 aromatic heterocycles. The van der Waals surface area contributed by atoms with Crippen LogP contribution in [0.2, 0.25) is 5.02 Å². The van der Waals surface area contributed by atoms with E-state index in [0.717, 1.165) is 26.9 Å². The molecule has 1 saturated carbocycles. The maximum atomic E-state index is 11.7. The lowest BCUT2D eigenvalue weighted by Crippen LogP contribution is -2.23. The Bertz CT molecular complexity index is 673. The summed E-state index contributed by atoms with van der Waals surface area (Å²) in [5, 5.41) is 3.67. The van der Waals surface area contributed by atoms with Gasteiger partial charge in [0.1, 0.15) is 0 Å². The Kier molecular flexibility index (Phi) is 4.42. The summed E-state index contributed by atoms with van der Waals surface area (Å²) in [7, 11) is 0. The molecule has 1 fully saturated rings. The predicted molar refractivity (Wildman–Crippen MR) is 89.5 cm³/mol. The first-order valence-electron chi connectivity index (χ1n) is 7.03. The molecule has 108 valence electrons. The number of rotatable bonds is 5. The van der Waals surface area contributed by atoms with Crippen LogP contribution in [0.1, 0.15) is 17.7 Å². The number of hydrogen-bond acceptors (Lipinski definition) is 2. The highest BCUT2D eigenvalue weighted by molar-refractivity contribution is 7.16. The van der Waals surface area contributed by atoms with Crippen molar-refractivity contribution in [1.29, 1.82) is 0 Å². The molecule has 3 rings (SSSR count). The van der Waals surface area contributed by atoms with Gasteiger partial charge in [-0.05, 0) is 43.0 Å². The van der Waals surface area contributed by atoms with Gasteiger partial charge >= 0.3 is 0 Å². The highest BCUT2D eigenvalue weighted by atomic mass is 35.5. The fourth-order valence-electron chi connectivity index (χ4n) is 2.03. The van der Waals surface area contributed by atoms with Crippen LogP contribution in [0.3, 0.4) is 0 Å². The van der Waals surface area contributed by atoms with Crippen molar-refractivity contribution in [1.82, 2.24) is 5.32 Å². The van der Waals surface area contributed by atoms with Crippen molar-refractivity contribution in [3.63, 3.8) is 0 Å². The van der Waals surface area contributed by atoms with E-state index in [4.69, 9.17) is 11.6 Å². The van der Waals surface area contributed by atoms with Crippen LogP contribution in [0.15, 0.2) is 42.5 Å². The van der Waals surface area contributed by atoms with Crippen LogP contribution in [0.5, 0.6) is 0 Å². The monoisotopic (exact) mass is 317 g/mol. The Morgan fingerprint density at radius 2 is 2.10 bits per heavy atom. The Balaban J connectivity index is 1.64. The molecule has 0 saturated heterocycles. The molecule has 1 heterocycles.